The molecule has 0 fully saturated rings. The highest BCUT2D eigenvalue weighted by atomic mass is 32.1. The molecular weight excluding hydrogens is 891 g/mol. The number of nitrogens with zero attached hydrogens (tertiary/aromatic N) is 7. The number of halogens is 6. The van der Waals surface area contributed by atoms with Gasteiger partial charge in [-0.15, -0.1) is 22.7 Å². The van der Waals surface area contributed by atoms with Gasteiger partial charge in [-0.05, 0) is 77.6 Å². The van der Waals surface area contributed by atoms with Crippen LogP contribution in [-0.4, -0.2) is 59.1 Å². The molecule has 4 aromatic heterocycles. The maximum Gasteiger partial charge on any atom is 0.416 e. The summed E-state index contributed by atoms with van der Waals surface area (Å²) in [6.45, 7) is 10.1. The molecule has 340 valence electrons. The monoisotopic (exact) mass is 932 g/mol. The van der Waals surface area contributed by atoms with Gasteiger partial charge in [-0.25, -0.2) is 33.9 Å². The molecule has 0 saturated carbocycles. The lowest BCUT2D eigenvalue weighted by Crippen LogP contribution is -2.29. The van der Waals surface area contributed by atoms with Gasteiger partial charge in [0.25, 0.3) is 11.1 Å². The number of fused-ring (bicyclic) bond motifs is 2. The number of aryl methyl sites for hydroxylation is 2. The summed E-state index contributed by atoms with van der Waals surface area (Å²) in [5.74, 6) is 0.0279. The smallest absolute Gasteiger partial charge is 0.416 e. The molecule has 0 unspecified atom stereocenters. The van der Waals surface area contributed by atoms with Crippen molar-refractivity contribution >= 4 is 34.8 Å². The van der Waals surface area contributed by atoms with Crippen LogP contribution in [0.1, 0.15) is 60.4 Å². The third-order valence-electron chi connectivity index (χ3n) is 10.1. The van der Waals surface area contributed by atoms with E-state index < -0.39 is 29.6 Å². The van der Waals surface area contributed by atoms with E-state index in [1.165, 1.54) is 57.7 Å². The molecule has 8 rings (SSSR count). The van der Waals surface area contributed by atoms with Crippen molar-refractivity contribution in [1.82, 2.24) is 34.0 Å². The van der Waals surface area contributed by atoms with Gasteiger partial charge >= 0.3 is 18.4 Å². The molecule has 1 amide bonds. The molecule has 0 radical (unpaired) electrons. The summed E-state index contributed by atoms with van der Waals surface area (Å²) in [5.41, 5.74) is 0.0558. The maximum absolute atomic E-state index is 13.2. The van der Waals surface area contributed by atoms with Crippen LogP contribution >= 0.6 is 22.7 Å². The standard InChI is InChI=1S/C21H21F3N4O3S.C18H16F3N3O2S.C3H5NO/c1-3-25-20(30)31-19-15(18(29)27-10-4-5-11-28(19)27)16-12(2)32-17(26-16)13-6-8-14(9-7-13)21(22,23)24;1-10-14(13-16(25)23-8-2-3-9-24(23)17(13)26)22-15(27-10)11-4-6-12(7-5-11)18(19,20)21;1-2-4-3-5/h6-9H,3-5,10-11H2,1-2H3,(H,25,30);4-7,25H,2-3,8-9H2,1H3;2H2,1H3. The van der Waals surface area contributed by atoms with E-state index in [1.54, 1.807) is 41.7 Å². The van der Waals surface area contributed by atoms with E-state index in [1.807, 2.05) is 0 Å². The Balaban J connectivity index is 0.000000194. The van der Waals surface area contributed by atoms with Crippen LogP contribution in [0, 0.1) is 13.8 Å². The fraction of sp³-hybridized carbons (Fsp3) is 0.381. The lowest BCUT2D eigenvalue weighted by atomic mass is 10.1. The topological polar surface area (TPSA) is 168 Å². The summed E-state index contributed by atoms with van der Waals surface area (Å²) in [5, 5.41) is 14.1. The first-order chi connectivity index (χ1) is 30.4. The number of aromatic nitrogens is 6. The van der Waals surface area contributed by atoms with Crippen molar-refractivity contribution in [3.63, 3.8) is 0 Å². The number of hydrogen-bond acceptors (Lipinski definition) is 11. The molecule has 0 atom stereocenters. The van der Waals surface area contributed by atoms with E-state index in [9.17, 15) is 45.8 Å². The highest BCUT2D eigenvalue weighted by Gasteiger charge is 2.33. The molecule has 0 spiro atoms. The normalized spacial score (nSPS) is 13.3. The second-order valence-corrected chi connectivity index (χ2v) is 16.8. The van der Waals surface area contributed by atoms with Crippen molar-refractivity contribution in [3.8, 4) is 55.4 Å². The fourth-order valence-electron chi connectivity index (χ4n) is 7.04. The van der Waals surface area contributed by atoms with Gasteiger partial charge in [0.15, 0.2) is 0 Å². The quantitative estimate of drug-likeness (QED) is 0.0908. The number of thiazole rings is 2. The Morgan fingerprint density at radius 2 is 1.16 bits per heavy atom. The Morgan fingerprint density at radius 3 is 1.56 bits per heavy atom. The van der Waals surface area contributed by atoms with Crippen LogP contribution in [0.15, 0.2) is 63.1 Å². The molecule has 22 heteroatoms. The fourth-order valence-corrected chi connectivity index (χ4v) is 8.89. The summed E-state index contributed by atoms with van der Waals surface area (Å²) in [6, 6.07) is 9.46. The molecule has 0 bridgehead atoms. The summed E-state index contributed by atoms with van der Waals surface area (Å²) < 4.78 is 88.6. The zero-order chi connectivity index (χ0) is 46.5. The average Bonchev–Trinajstić information content (AvgIpc) is 3.98. The molecular formula is C42H42F6N8O6S2. The third-order valence-corrected chi connectivity index (χ3v) is 12.1. The van der Waals surface area contributed by atoms with E-state index >= 15 is 0 Å². The summed E-state index contributed by atoms with van der Waals surface area (Å²) in [6.07, 6.45) is -4.67. The van der Waals surface area contributed by atoms with Gasteiger partial charge in [0.2, 0.25) is 17.8 Å². The van der Waals surface area contributed by atoms with Crippen molar-refractivity contribution < 1.29 is 45.8 Å². The van der Waals surface area contributed by atoms with E-state index in [2.05, 4.69) is 20.3 Å². The van der Waals surface area contributed by atoms with Gasteiger partial charge in [-0.2, -0.15) is 26.3 Å². The Hall–Kier alpha value is -6.25. The predicted molar refractivity (Wildman–Crippen MR) is 228 cm³/mol. The van der Waals surface area contributed by atoms with E-state index in [-0.39, 0.29) is 34.0 Å². The van der Waals surface area contributed by atoms with Crippen molar-refractivity contribution in [3.05, 3.63) is 90.1 Å². The van der Waals surface area contributed by atoms with Crippen LogP contribution in [0.5, 0.6) is 11.8 Å². The van der Waals surface area contributed by atoms with Crippen LogP contribution in [0.25, 0.3) is 43.7 Å². The minimum atomic E-state index is -4.42. The number of carbonyl (C=O) groups excluding carboxylic acids is 2. The van der Waals surface area contributed by atoms with Crippen molar-refractivity contribution in [2.45, 2.75) is 91.9 Å². The number of hydrogen-bond donors (Lipinski definition) is 2. The van der Waals surface area contributed by atoms with Crippen molar-refractivity contribution in [2.24, 2.45) is 4.99 Å². The number of rotatable bonds is 7. The van der Waals surface area contributed by atoms with Crippen molar-refractivity contribution in [2.75, 3.05) is 13.1 Å². The number of aliphatic imine (C=N–C) groups is 1. The number of ether oxygens (including phenoxy) is 1. The highest BCUT2D eigenvalue weighted by molar-refractivity contribution is 7.15. The first kappa shape index (κ1) is 47.2. The number of isocyanates is 1. The Labute approximate surface area is 369 Å². The Morgan fingerprint density at radius 1 is 0.734 bits per heavy atom. The minimum Gasteiger partial charge on any atom is -0.493 e. The Kier molecular flexibility index (Phi) is 14.5. The average molecular weight is 933 g/mol. The molecule has 2 aromatic carbocycles. The first-order valence-electron chi connectivity index (χ1n) is 20.1. The number of aromatic hydroxyl groups is 1. The molecule has 2 aliphatic heterocycles. The summed E-state index contributed by atoms with van der Waals surface area (Å²) in [4.78, 5) is 60.8. The highest BCUT2D eigenvalue weighted by Crippen LogP contribution is 2.40. The predicted octanol–water partition coefficient (Wildman–Crippen LogP) is 9.28. The SMILES string of the molecule is CCN=C=O.CCNC(=O)Oc1c(-c2nc(-c3ccc(C(F)(F)F)cc3)sc2C)c(=O)n2n1CCCC2.Cc1sc(-c2ccc(C(F)(F)F)cc2)nc1-c1c(O)n2n(c1=O)CCCC2. The molecule has 2 N–H and O–H groups in total. The number of alkyl halides is 6. The molecule has 0 saturated heterocycles. The van der Waals surface area contributed by atoms with Gasteiger partial charge in [0.05, 0.1) is 22.5 Å². The van der Waals surface area contributed by atoms with Crippen LogP contribution in [-0.2, 0) is 43.3 Å². The molecule has 14 nitrogen and oxygen atoms in total. The van der Waals surface area contributed by atoms with Gasteiger partial charge < -0.3 is 15.2 Å². The largest absolute Gasteiger partial charge is 0.493 e. The van der Waals surface area contributed by atoms with Crippen molar-refractivity contribution in [1.29, 1.82) is 0 Å². The zero-order valence-corrected chi connectivity index (χ0v) is 36.5. The minimum absolute atomic E-state index is 0.105. The lowest BCUT2D eigenvalue weighted by molar-refractivity contribution is -0.138. The molecule has 2 aliphatic rings. The van der Waals surface area contributed by atoms with Crippen LogP contribution in [0.4, 0.5) is 31.1 Å². The van der Waals surface area contributed by atoms with E-state index in [0.717, 1.165) is 54.8 Å². The lowest BCUT2D eigenvalue weighted by Gasteiger charge is -2.18. The van der Waals surface area contributed by atoms with Crippen LogP contribution in [0.3, 0.4) is 0 Å². The van der Waals surface area contributed by atoms with Gasteiger partial charge in [0, 0.05) is 60.1 Å². The van der Waals surface area contributed by atoms with Crippen LogP contribution in [0.2, 0.25) is 0 Å². The summed E-state index contributed by atoms with van der Waals surface area (Å²) >= 11 is 2.54. The van der Waals surface area contributed by atoms with Gasteiger partial charge in [0.1, 0.15) is 21.1 Å². The molecule has 64 heavy (non-hydrogen) atoms. The summed E-state index contributed by atoms with van der Waals surface area (Å²) in [7, 11) is 0. The number of benzene rings is 2. The zero-order valence-electron chi connectivity index (χ0n) is 34.9. The molecule has 6 aromatic rings. The number of nitrogens with one attached hydrogen (secondary N) is 1. The maximum atomic E-state index is 13.2. The van der Waals surface area contributed by atoms with E-state index in [4.69, 9.17) is 9.53 Å². The van der Waals surface area contributed by atoms with Gasteiger partial charge in [-0.1, -0.05) is 24.3 Å². The van der Waals surface area contributed by atoms with Gasteiger partial charge in [-0.3, -0.25) is 19.0 Å². The number of carbonyl (C=O) groups is 1. The number of amides is 1. The molecule has 0 aliphatic carbocycles. The van der Waals surface area contributed by atoms with E-state index in [0.29, 0.717) is 76.7 Å². The second-order valence-electron chi connectivity index (χ2n) is 14.4. The second kappa shape index (κ2) is 19.6. The van der Waals surface area contributed by atoms with Crippen LogP contribution < -0.4 is 21.2 Å². The first-order valence-corrected chi connectivity index (χ1v) is 21.7. The Bertz CT molecular complexity index is 2790. The third kappa shape index (κ3) is 10.1. The molecule has 6 heterocycles.